The highest BCUT2D eigenvalue weighted by Crippen LogP contribution is 2.27. The van der Waals surface area contributed by atoms with Gasteiger partial charge in [0.05, 0.1) is 13.2 Å². The number of benzene rings is 2. The molecule has 20 heavy (non-hydrogen) atoms. The monoisotopic (exact) mass is 273 g/mol. The number of fused-ring (bicyclic) bond motifs is 1. The quantitative estimate of drug-likeness (QED) is 0.850. The predicted octanol–water partition coefficient (Wildman–Crippen LogP) is 2.95. The van der Waals surface area contributed by atoms with Crippen molar-refractivity contribution in [3.8, 4) is 5.75 Å². The topological polar surface area (TPSA) is 41.5 Å². The Labute approximate surface area is 120 Å². The molecule has 0 radical (unpaired) electrons. The van der Waals surface area contributed by atoms with E-state index >= 15 is 0 Å². The first-order chi connectivity index (χ1) is 9.63. The van der Waals surface area contributed by atoms with E-state index in [0.29, 0.717) is 13.1 Å². The Kier molecular flexibility index (Phi) is 4.99. The average molecular weight is 273 g/mol. The molecule has 0 spiro atoms. The van der Waals surface area contributed by atoms with Crippen LogP contribution in [0, 0.1) is 5.92 Å². The molecule has 2 aromatic rings. The van der Waals surface area contributed by atoms with Crippen molar-refractivity contribution in [3.05, 3.63) is 42.0 Å². The van der Waals surface area contributed by atoms with Gasteiger partial charge in [-0.2, -0.15) is 0 Å². The van der Waals surface area contributed by atoms with Gasteiger partial charge < -0.3 is 15.2 Å². The minimum Gasteiger partial charge on any atom is -0.496 e. The molecule has 0 aliphatic heterocycles. The number of aliphatic hydroxyl groups is 1. The first-order valence-corrected chi connectivity index (χ1v) is 7.07. The minimum atomic E-state index is -0.323. The van der Waals surface area contributed by atoms with Crippen LogP contribution in [0.1, 0.15) is 19.4 Å². The van der Waals surface area contributed by atoms with Gasteiger partial charge in [-0.05, 0) is 22.8 Å². The third-order valence-electron chi connectivity index (χ3n) is 3.64. The predicted molar refractivity (Wildman–Crippen MR) is 83.1 cm³/mol. The van der Waals surface area contributed by atoms with Crippen molar-refractivity contribution >= 4 is 10.8 Å². The molecule has 3 nitrogen and oxygen atoms in total. The van der Waals surface area contributed by atoms with Crippen molar-refractivity contribution in [1.29, 1.82) is 0 Å². The molecule has 3 heteroatoms. The van der Waals surface area contributed by atoms with Gasteiger partial charge in [0.15, 0.2) is 0 Å². The highest BCUT2D eigenvalue weighted by Gasteiger charge is 2.11. The molecule has 1 unspecified atom stereocenters. The summed E-state index contributed by atoms with van der Waals surface area (Å²) in [6, 6.07) is 12.3. The largest absolute Gasteiger partial charge is 0.496 e. The summed E-state index contributed by atoms with van der Waals surface area (Å²) in [5.41, 5.74) is 1.14. The van der Waals surface area contributed by atoms with Gasteiger partial charge in [0.25, 0.3) is 0 Å². The van der Waals surface area contributed by atoms with Gasteiger partial charge in [-0.15, -0.1) is 0 Å². The molecular formula is C17H23NO2. The maximum Gasteiger partial charge on any atom is 0.123 e. The summed E-state index contributed by atoms with van der Waals surface area (Å²) in [6.07, 6.45) is -0.323. The van der Waals surface area contributed by atoms with Crippen molar-refractivity contribution in [2.75, 3.05) is 13.7 Å². The molecule has 0 aliphatic carbocycles. The molecule has 2 aromatic carbocycles. The second-order valence-electron chi connectivity index (χ2n) is 5.41. The summed E-state index contributed by atoms with van der Waals surface area (Å²) >= 11 is 0. The van der Waals surface area contributed by atoms with Crippen LogP contribution in [0.15, 0.2) is 36.4 Å². The number of rotatable bonds is 6. The Balaban J connectivity index is 2.19. The van der Waals surface area contributed by atoms with E-state index in [0.717, 1.165) is 11.3 Å². The van der Waals surface area contributed by atoms with Crippen molar-refractivity contribution < 1.29 is 9.84 Å². The maximum atomic E-state index is 9.85. The Morgan fingerprint density at radius 1 is 1.15 bits per heavy atom. The molecule has 0 saturated carbocycles. The van der Waals surface area contributed by atoms with Crippen LogP contribution in [0.3, 0.4) is 0 Å². The lowest BCUT2D eigenvalue weighted by Gasteiger charge is -2.17. The Bertz CT molecular complexity index is 566. The molecule has 0 bridgehead atoms. The maximum absolute atomic E-state index is 9.85. The van der Waals surface area contributed by atoms with Crippen LogP contribution >= 0.6 is 0 Å². The van der Waals surface area contributed by atoms with E-state index in [9.17, 15) is 5.11 Å². The van der Waals surface area contributed by atoms with Crippen LogP contribution in [-0.4, -0.2) is 24.9 Å². The third kappa shape index (κ3) is 3.30. The van der Waals surface area contributed by atoms with Crippen molar-refractivity contribution in [3.63, 3.8) is 0 Å². The van der Waals surface area contributed by atoms with Crippen LogP contribution < -0.4 is 10.1 Å². The average Bonchev–Trinajstić information content (AvgIpc) is 2.47. The molecule has 0 aliphatic rings. The molecule has 0 aromatic heterocycles. The molecular weight excluding hydrogens is 250 g/mol. The van der Waals surface area contributed by atoms with E-state index in [1.807, 2.05) is 32.0 Å². The standard InChI is InChI=1S/C17H23NO2/c1-12(2)16(19)11-18-10-15-14-7-5-4-6-13(14)8-9-17(15)20-3/h4-9,12,16,18-19H,10-11H2,1-3H3. The summed E-state index contributed by atoms with van der Waals surface area (Å²) in [5, 5.41) is 15.6. The number of methoxy groups -OCH3 is 1. The zero-order valence-corrected chi connectivity index (χ0v) is 12.4. The highest BCUT2D eigenvalue weighted by molar-refractivity contribution is 5.87. The Hall–Kier alpha value is -1.58. The fourth-order valence-electron chi connectivity index (χ4n) is 2.27. The van der Waals surface area contributed by atoms with Gasteiger partial charge in [0.1, 0.15) is 5.75 Å². The van der Waals surface area contributed by atoms with Gasteiger partial charge in [-0.3, -0.25) is 0 Å². The lowest BCUT2D eigenvalue weighted by atomic mass is 10.0. The van der Waals surface area contributed by atoms with E-state index in [4.69, 9.17) is 4.74 Å². The Morgan fingerprint density at radius 2 is 1.90 bits per heavy atom. The zero-order chi connectivity index (χ0) is 14.5. The normalized spacial score (nSPS) is 12.8. The summed E-state index contributed by atoms with van der Waals surface area (Å²) in [6.45, 7) is 5.31. The first-order valence-electron chi connectivity index (χ1n) is 7.07. The molecule has 0 heterocycles. The molecule has 1 atom stereocenters. The smallest absolute Gasteiger partial charge is 0.123 e. The molecule has 108 valence electrons. The number of aliphatic hydroxyl groups excluding tert-OH is 1. The van der Waals surface area contributed by atoms with E-state index in [1.54, 1.807) is 7.11 Å². The second kappa shape index (κ2) is 6.73. The van der Waals surface area contributed by atoms with E-state index < -0.39 is 0 Å². The van der Waals surface area contributed by atoms with Crippen LogP contribution in [0.25, 0.3) is 10.8 Å². The fraction of sp³-hybridized carbons (Fsp3) is 0.412. The van der Waals surface area contributed by atoms with Gasteiger partial charge in [-0.1, -0.05) is 44.2 Å². The van der Waals surface area contributed by atoms with Crippen molar-refractivity contribution in [2.45, 2.75) is 26.5 Å². The highest BCUT2D eigenvalue weighted by atomic mass is 16.5. The van der Waals surface area contributed by atoms with Gasteiger partial charge in [-0.25, -0.2) is 0 Å². The van der Waals surface area contributed by atoms with Crippen molar-refractivity contribution in [2.24, 2.45) is 5.92 Å². The molecule has 0 amide bonds. The number of hydrogen-bond acceptors (Lipinski definition) is 3. The number of nitrogens with one attached hydrogen (secondary N) is 1. The summed E-state index contributed by atoms with van der Waals surface area (Å²) in [5.74, 6) is 1.15. The van der Waals surface area contributed by atoms with Gasteiger partial charge in [0, 0.05) is 18.7 Å². The fourth-order valence-corrected chi connectivity index (χ4v) is 2.27. The van der Waals surface area contributed by atoms with E-state index in [-0.39, 0.29) is 12.0 Å². The number of hydrogen-bond donors (Lipinski definition) is 2. The van der Waals surface area contributed by atoms with Crippen molar-refractivity contribution in [1.82, 2.24) is 5.32 Å². The van der Waals surface area contributed by atoms with Crippen LogP contribution in [0.4, 0.5) is 0 Å². The summed E-state index contributed by atoms with van der Waals surface area (Å²) in [4.78, 5) is 0. The second-order valence-corrected chi connectivity index (χ2v) is 5.41. The van der Waals surface area contributed by atoms with E-state index in [1.165, 1.54) is 10.8 Å². The van der Waals surface area contributed by atoms with Crippen LogP contribution in [0.5, 0.6) is 5.75 Å². The SMILES string of the molecule is COc1ccc2ccccc2c1CNCC(O)C(C)C. The minimum absolute atomic E-state index is 0.261. The zero-order valence-electron chi connectivity index (χ0n) is 12.4. The summed E-state index contributed by atoms with van der Waals surface area (Å²) in [7, 11) is 1.69. The first kappa shape index (κ1) is 14.8. The summed E-state index contributed by atoms with van der Waals surface area (Å²) < 4.78 is 5.46. The molecule has 2 rings (SSSR count). The lowest BCUT2D eigenvalue weighted by Crippen LogP contribution is -2.30. The van der Waals surface area contributed by atoms with Crippen LogP contribution in [0.2, 0.25) is 0 Å². The van der Waals surface area contributed by atoms with Gasteiger partial charge >= 0.3 is 0 Å². The molecule has 0 fully saturated rings. The third-order valence-corrected chi connectivity index (χ3v) is 3.64. The van der Waals surface area contributed by atoms with E-state index in [2.05, 4.69) is 23.5 Å². The van der Waals surface area contributed by atoms with Gasteiger partial charge in [0.2, 0.25) is 0 Å². The molecule has 2 N–H and O–H groups in total. The molecule has 0 saturated heterocycles. The van der Waals surface area contributed by atoms with Crippen LogP contribution in [-0.2, 0) is 6.54 Å². The lowest BCUT2D eigenvalue weighted by molar-refractivity contribution is 0.123. The Morgan fingerprint density at radius 3 is 2.60 bits per heavy atom. The number of ether oxygens (including phenoxy) is 1.